The molecule has 3 rings (SSSR count). The molecule has 3 heteroatoms. The molecule has 23 heavy (non-hydrogen) atoms. The van der Waals surface area contributed by atoms with Gasteiger partial charge in [-0.25, -0.2) is 4.39 Å². The van der Waals surface area contributed by atoms with Crippen LogP contribution >= 0.6 is 11.6 Å². The minimum Gasteiger partial charge on any atom is -0.289 e. The minimum atomic E-state index is -0.273. The lowest BCUT2D eigenvalue weighted by molar-refractivity contribution is -0.112. The quantitative estimate of drug-likeness (QED) is 0.647. The predicted octanol–water partition coefficient (Wildman–Crippen LogP) is 5.70. The molecule has 116 valence electrons. The van der Waals surface area contributed by atoms with E-state index in [0.29, 0.717) is 5.02 Å². The Morgan fingerprint density at radius 1 is 0.826 bits per heavy atom. The second-order valence-electron chi connectivity index (χ2n) is 5.62. The zero-order valence-electron chi connectivity index (χ0n) is 12.6. The first-order valence-corrected chi connectivity index (χ1v) is 7.96. The zero-order valence-corrected chi connectivity index (χ0v) is 13.3. The number of carbonyl (C=O) groups is 1. The number of ketones is 1. The number of benzene rings is 2. The molecule has 0 radical (unpaired) electrons. The molecule has 2 aromatic carbocycles. The summed E-state index contributed by atoms with van der Waals surface area (Å²) in [5.41, 5.74) is 3.42. The van der Waals surface area contributed by atoms with Gasteiger partial charge in [0.1, 0.15) is 5.82 Å². The van der Waals surface area contributed by atoms with Crippen LogP contribution in [0.5, 0.6) is 0 Å². The standard InChI is InChI=1S/C20H16ClFO/c21-18-8-4-14(5-9-18)12-16-2-1-3-17(20(16)23)13-15-6-10-19(22)11-7-15/h4-13H,1-3H2. The maximum absolute atomic E-state index is 13.0. The van der Waals surface area contributed by atoms with Gasteiger partial charge in [0.05, 0.1) is 0 Å². The van der Waals surface area contributed by atoms with E-state index in [1.165, 1.54) is 12.1 Å². The fourth-order valence-corrected chi connectivity index (χ4v) is 2.82. The molecule has 1 aliphatic carbocycles. The summed E-state index contributed by atoms with van der Waals surface area (Å²) in [6, 6.07) is 13.6. The molecule has 0 amide bonds. The van der Waals surface area contributed by atoms with E-state index in [4.69, 9.17) is 11.6 Å². The minimum absolute atomic E-state index is 0.0792. The smallest absolute Gasteiger partial charge is 0.185 e. The van der Waals surface area contributed by atoms with Gasteiger partial charge in [0.2, 0.25) is 0 Å². The van der Waals surface area contributed by atoms with E-state index in [1.807, 2.05) is 36.4 Å². The molecule has 0 spiro atoms. The van der Waals surface area contributed by atoms with Gasteiger partial charge in [-0.2, -0.15) is 0 Å². The van der Waals surface area contributed by atoms with Gasteiger partial charge in [-0.05, 0) is 66.8 Å². The molecule has 0 heterocycles. The summed E-state index contributed by atoms with van der Waals surface area (Å²) in [6.45, 7) is 0. The Morgan fingerprint density at radius 2 is 1.30 bits per heavy atom. The highest BCUT2D eigenvalue weighted by molar-refractivity contribution is 6.30. The Morgan fingerprint density at radius 3 is 1.83 bits per heavy atom. The number of Topliss-reactive ketones (excluding diaryl/α,β-unsaturated/α-hetero) is 1. The van der Waals surface area contributed by atoms with Crippen LogP contribution in [0, 0.1) is 5.82 Å². The van der Waals surface area contributed by atoms with Gasteiger partial charge in [-0.1, -0.05) is 35.9 Å². The van der Waals surface area contributed by atoms with E-state index < -0.39 is 0 Å². The first kappa shape index (κ1) is 15.7. The summed E-state index contributed by atoms with van der Waals surface area (Å²) in [6.07, 6.45) is 6.27. The molecule has 1 nitrogen and oxygen atoms in total. The molecule has 1 aliphatic rings. The molecule has 0 aromatic heterocycles. The fourth-order valence-electron chi connectivity index (χ4n) is 2.70. The van der Waals surface area contributed by atoms with E-state index in [1.54, 1.807) is 12.1 Å². The summed E-state index contributed by atoms with van der Waals surface area (Å²) in [5.74, 6) is -0.194. The number of allylic oxidation sites excluding steroid dienone is 2. The Labute approximate surface area is 140 Å². The highest BCUT2D eigenvalue weighted by atomic mass is 35.5. The van der Waals surface area contributed by atoms with E-state index in [0.717, 1.165) is 41.5 Å². The van der Waals surface area contributed by atoms with Gasteiger partial charge >= 0.3 is 0 Å². The van der Waals surface area contributed by atoms with Crippen LogP contribution in [-0.2, 0) is 4.79 Å². The van der Waals surface area contributed by atoms with E-state index in [-0.39, 0.29) is 11.6 Å². The topological polar surface area (TPSA) is 17.1 Å². The number of hydrogen-bond donors (Lipinski definition) is 0. The van der Waals surface area contributed by atoms with Crippen LogP contribution < -0.4 is 0 Å². The second-order valence-corrected chi connectivity index (χ2v) is 6.06. The Bertz CT molecular complexity index is 705. The van der Waals surface area contributed by atoms with Crippen LogP contribution in [0.2, 0.25) is 5.02 Å². The summed E-state index contributed by atoms with van der Waals surface area (Å²) >= 11 is 5.88. The van der Waals surface area contributed by atoms with Gasteiger partial charge in [0.25, 0.3) is 0 Å². The first-order chi connectivity index (χ1) is 11.1. The van der Waals surface area contributed by atoms with Gasteiger partial charge in [0, 0.05) is 16.2 Å². The third-order valence-corrected chi connectivity index (χ3v) is 4.15. The normalized spacial score (nSPS) is 18.6. The Hall–Kier alpha value is -2.19. The van der Waals surface area contributed by atoms with Crippen molar-refractivity contribution in [3.05, 3.63) is 81.6 Å². The molecule has 2 aromatic rings. The number of carbonyl (C=O) groups excluding carboxylic acids is 1. The van der Waals surface area contributed by atoms with Crippen LogP contribution in [0.4, 0.5) is 4.39 Å². The van der Waals surface area contributed by atoms with Crippen molar-refractivity contribution in [3.8, 4) is 0 Å². The largest absolute Gasteiger partial charge is 0.289 e. The SMILES string of the molecule is O=C1C(=Cc2ccc(F)cc2)CCCC1=Cc1ccc(Cl)cc1. The Kier molecular flexibility index (Phi) is 4.73. The van der Waals surface area contributed by atoms with Crippen LogP contribution in [0.15, 0.2) is 59.7 Å². The predicted molar refractivity (Wildman–Crippen MR) is 92.7 cm³/mol. The molecular formula is C20H16ClFO. The van der Waals surface area contributed by atoms with Crippen molar-refractivity contribution < 1.29 is 9.18 Å². The van der Waals surface area contributed by atoms with E-state index in [2.05, 4.69) is 0 Å². The lowest BCUT2D eigenvalue weighted by atomic mass is 9.87. The molecule has 1 fully saturated rings. The monoisotopic (exact) mass is 326 g/mol. The number of rotatable bonds is 2. The van der Waals surface area contributed by atoms with Crippen molar-refractivity contribution in [1.29, 1.82) is 0 Å². The average Bonchev–Trinajstić information content (AvgIpc) is 2.55. The third-order valence-electron chi connectivity index (χ3n) is 3.90. The van der Waals surface area contributed by atoms with Crippen LogP contribution in [-0.4, -0.2) is 5.78 Å². The molecule has 0 aliphatic heterocycles. The van der Waals surface area contributed by atoms with Crippen molar-refractivity contribution in [3.63, 3.8) is 0 Å². The van der Waals surface area contributed by atoms with Crippen LogP contribution in [0.1, 0.15) is 30.4 Å². The molecule has 0 unspecified atom stereocenters. The van der Waals surface area contributed by atoms with Crippen molar-refractivity contribution in [2.75, 3.05) is 0 Å². The highest BCUT2D eigenvalue weighted by Gasteiger charge is 2.20. The zero-order chi connectivity index (χ0) is 16.2. The molecular weight excluding hydrogens is 311 g/mol. The van der Waals surface area contributed by atoms with E-state index in [9.17, 15) is 9.18 Å². The molecule has 0 bridgehead atoms. The lowest BCUT2D eigenvalue weighted by Gasteiger charge is -2.16. The summed E-state index contributed by atoms with van der Waals surface area (Å²) < 4.78 is 13.0. The number of hydrogen-bond acceptors (Lipinski definition) is 1. The molecule has 0 saturated heterocycles. The van der Waals surface area contributed by atoms with E-state index >= 15 is 0 Å². The fraction of sp³-hybridized carbons (Fsp3) is 0.150. The molecule has 0 atom stereocenters. The van der Waals surface area contributed by atoms with Gasteiger partial charge in [-0.15, -0.1) is 0 Å². The third kappa shape index (κ3) is 3.96. The van der Waals surface area contributed by atoms with Crippen molar-refractivity contribution in [2.45, 2.75) is 19.3 Å². The first-order valence-electron chi connectivity index (χ1n) is 7.59. The summed E-state index contributed by atoms with van der Waals surface area (Å²) in [7, 11) is 0. The van der Waals surface area contributed by atoms with Gasteiger partial charge < -0.3 is 0 Å². The second kappa shape index (κ2) is 6.93. The molecule has 0 N–H and O–H groups in total. The van der Waals surface area contributed by atoms with Crippen LogP contribution in [0.25, 0.3) is 12.2 Å². The van der Waals surface area contributed by atoms with Gasteiger partial charge in [-0.3, -0.25) is 4.79 Å². The lowest BCUT2D eigenvalue weighted by Crippen LogP contribution is -2.12. The Balaban J connectivity index is 1.86. The average molecular weight is 327 g/mol. The van der Waals surface area contributed by atoms with Crippen LogP contribution in [0.3, 0.4) is 0 Å². The highest BCUT2D eigenvalue weighted by Crippen LogP contribution is 2.28. The molecule has 1 saturated carbocycles. The van der Waals surface area contributed by atoms with Gasteiger partial charge in [0.15, 0.2) is 5.78 Å². The summed E-state index contributed by atoms with van der Waals surface area (Å²) in [4.78, 5) is 12.6. The maximum Gasteiger partial charge on any atom is 0.185 e. The van der Waals surface area contributed by atoms with Crippen molar-refractivity contribution >= 4 is 29.5 Å². The van der Waals surface area contributed by atoms with Crippen molar-refractivity contribution in [1.82, 2.24) is 0 Å². The number of halogens is 2. The maximum atomic E-state index is 13.0. The van der Waals surface area contributed by atoms with Crippen molar-refractivity contribution in [2.24, 2.45) is 0 Å². The summed E-state index contributed by atoms with van der Waals surface area (Å²) in [5, 5.41) is 0.680.